The van der Waals surface area contributed by atoms with Gasteiger partial charge in [-0.25, -0.2) is 0 Å². The smallest absolute Gasteiger partial charge is 0.246 e. The first-order valence-corrected chi connectivity index (χ1v) is 9.60. The molecule has 0 radical (unpaired) electrons. The maximum atomic E-state index is 12.9. The molecule has 0 atom stereocenters. The molecule has 0 N–H and O–H groups in total. The molecular weight excluding hydrogens is 406 g/mol. The highest BCUT2D eigenvalue weighted by molar-refractivity contribution is 6.30. The highest BCUT2D eigenvalue weighted by Crippen LogP contribution is 2.28. The van der Waals surface area contributed by atoms with Crippen LogP contribution in [0.1, 0.15) is 11.5 Å². The van der Waals surface area contributed by atoms with E-state index in [0.717, 1.165) is 11.1 Å². The quantitative estimate of drug-likeness (QED) is 0.477. The summed E-state index contributed by atoms with van der Waals surface area (Å²) >= 11 is 5.91. The van der Waals surface area contributed by atoms with Gasteiger partial charge in [0, 0.05) is 17.1 Å². The van der Waals surface area contributed by atoms with Crippen molar-refractivity contribution in [2.24, 2.45) is 0 Å². The normalized spacial score (nSPS) is 10.5. The number of benzene rings is 2. The Kier molecular flexibility index (Phi) is 7.08. The highest BCUT2D eigenvalue weighted by Gasteiger charge is 2.18. The number of aromatic nitrogens is 2. The molecule has 0 fully saturated rings. The molecule has 0 aliphatic heterocycles. The summed E-state index contributed by atoms with van der Waals surface area (Å²) in [6, 6.07) is 12.5. The fraction of sp³-hybridized carbons (Fsp3) is 0.227. The lowest BCUT2D eigenvalue weighted by atomic mass is 10.1. The van der Waals surface area contributed by atoms with Crippen molar-refractivity contribution < 1.29 is 18.8 Å². The van der Waals surface area contributed by atoms with Gasteiger partial charge in [0.1, 0.15) is 6.54 Å². The van der Waals surface area contributed by atoms with Crippen LogP contribution < -0.4 is 9.47 Å². The number of rotatable bonds is 9. The van der Waals surface area contributed by atoms with E-state index in [1.54, 1.807) is 61.6 Å². The molecule has 0 saturated heterocycles. The van der Waals surface area contributed by atoms with Gasteiger partial charge in [0.05, 0.1) is 20.6 Å². The number of hydrogen-bond acceptors (Lipinski definition) is 6. The van der Waals surface area contributed by atoms with Gasteiger partial charge in [0.15, 0.2) is 11.5 Å². The van der Waals surface area contributed by atoms with Gasteiger partial charge in [-0.05, 0) is 42.0 Å². The van der Waals surface area contributed by atoms with Gasteiger partial charge in [0.25, 0.3) is 0 Å². The zero-order chi connectivity index (χ0) is 21.5. The summed E-state index contributed by atoms with van der Waals surface area (Å²) in [5, 5.41) is 4.62. The Morgan fingerprint density at radius 3 is 2.57 bits per heavy atom. The van der Waals surface area contributed by atoms with Crippen molar-refractivity contribution in [2.45, 2.75) is 13.0 Å². The maximum absolute atomic E-state index is 12.9. The number of nitrogens with zero attached hydrogens (tertiary/aromatic N) is 3. The summed E-state index contributed by atoms with van der Waals surface area (Å²) in [5.74, 6) is 1.85. The van der Waals surface area contributed by atoms with Gasteiger partial charge in [-0.2, -0.15) is 4.98 Å². The Hall–Kier alpha value is -3.32. The topological polar surface area (TPSA) is 77.7 Å². The first kappa shape index (κ1) is 21.4. The Morgan fingerprint density at radius 1 is 1.17 bits per heavy atom. The van der Waals surface area contributed by atoms with Crippen molar-refractivity contribution in [3.63, 3.8) is 0 Å². The summed E-state index contributed by atoms with van der Waals surface area (Å²) in [7, 11) is 3.12. The van der Waals surface area contributed by atoms with E-state index in [4.69, 9.17) is 25.6 Å². The maximum Gasteiger partial charge on any atom is 0.246 e. The van der Waals surface area contributed by atoms with E-state index in [1.807, 2.05) is 6.07 Å². The van der Waals surface area contributed by atoms with E-state index in [0.29, 0.717) is 34.8 Å². The van der Waals surface area contributed by atoms with Crippen LogP contribution in [0.15, 0.2) is 59.6 Å². The van der Waals surface area contributed by atoms with Crippen LogP contribution >= 0.6 is 11.6 Å². The van der Waals surface area contributed by atoms with Crippen LogP contribution in [0.3, 0.4) is 0 Å². The third kappa shape index (κ3) is 5.18. The van der Waals surface area contributed by atoms with Crippen molar-refractivity contribution in [1.29, 1.82) is 0 Å². The van der Waals surface area contributed by atoms with Gasteiger partial charge in [-0.3, -0.25) is 4.79 Å². The standard InChI is InChI=1S/C22H22ClN3O4/c1-4-11-26(21(27)13-15-5-10-18(28-2)19(12-15)29-3)14-20-24-22(25-30-20)16-6-8-17(23)9-7-16/h4-10,12H,1,11,13-14H2,2-3H3. The van der Waals surface area contributed by atoms with E-state index in [-0.39, 0.29) is 18.9 Å². The molecule has 30 heavy (non-hydrogen) atoms. The molecule has 0 aliphatic carbocycles. The summed E-state index contributed by atoms with van der Waals surface area (Å²) in [5.41, 5.74) is 1.58. The SMILES string of the molecule is C=CCN(Cc1nc(-c2ccc(Cl)cc2)no1)C(=O)Cc1ccc(OC)c(OC)c1. The molecule has 1 heterocycles. The van der Waals surface area contributed by atoms with Crippen LogP contribution in [0.25, 0.3) is 11.4 Å². The summed E-state index contributed by atoms with van der Waals surface area (Å²) in [4.78, 5) is 18.9. The molecule has 0 unspecified atom stereocenters. The first-order chi connectivity index (χ1) is 14.5. The van der Waals surface area contributed by atoms with Gasteiger partial charge in [0.2, 0.25) is 17.6 Å². The molecule has 3 aromatic rings. The minimum atomic E-state index is -0.103. The number of methoxy groups -OCH3 is 2. The lowest BCUT2D eigenvalue weighted by Gasteiger charge is -2.19. The number of halogens is 1. The monoisotopic (exact) mass is 427 g/mol. The second-order valence-electron chi connectivity index (χ2n) is 6.45. The minimum absolute atomic E-state index is 0.103. The first-order valence-electron chi connectivity index (χ1n) is 9.22. The molecule has 1 amide bonds. The van der Waals surface area contributed by atoms with Crippen LogP contribution in [-0.4, -0.2) is 41.7 Å². The minimum Gasteiger partial charge on any atom is -0.493 e. The Bertz CT molecular complexity index is 1020. The summed E-state index contributed by atoms with van der Waals surface area (Å²) < 4.78 is 15.9. The number of ether oxygens (including phenoxy) is 2. The van der Waals surface area contributed by atoms with Crippen molar-refractivity contribution in [3.8, 4) is 22.9 Å². The number of carbonyl (C=O) groups is 1. The molecule has 2 aromatic carbocycles. The number of amides is 1. The average molecular weight is 428 g/mol. The molecule has 156 valence electrons. The second kappa shape index (κ2) is 9.93. The van der Waals surface area contributed by atoms with Gasteiger partial charge in [-0.15, -0.1) is 6.58 Å². The molecule has 1 aromatic heterocycles. The Labute approximate surface area is 179 Å². The van der Waals surface area contributed by atoms with Crippen LogP contribution in [0.2, 0.25) is 5.02 Å². The second-order valence-corrected chi connectivity index (χ2v) is 6.88. The van der Waals surface area contributed by atoms with Gasteiger partial charge >= 0.3 is 0 Å². The molecule has 0 spiro atoms. The predicted molar refractivity (Wildman–Crippen MR) is 114 cm³/mol. The zero-order valence-corrected chi connectivity index (χ0v) is 17.6. The van der Waals surface area contributed by atoms with Crippen LogP contribution in [0.4, 0.5) is 0 Å². The molecule has 0 saturated carbocycles. The van der Waals surface area contributed by atoms with Crippen molar-refractivity contribution in [1.82, 2.24) is 15.0 Å². The number of hydrogen-bond donors (Lipinski definition) is 0. The molecule has 0 bridgehead atoms. The van der Waals surface area contributed by atoms with E-state index < -0.39 is 0 Å². The van der Waals surface area contributed by atoms with Gasteiger partial charge < -0.3 is 18.9 Å². The van der Waals surface area contributed by atoms with Crippen molar-refractivity contribution >= 4 is 17.5 Å². The van der Waals surface area contributed by atoms with E-state index in [2.05, 4.69) is 16.7 Å². The van der Waals surface area contributed by atoms with Crippen LogP contribution in [0.5, 0.6) is 11.5 Å². The third-order valence-corrected chi connectivity index (χ3v) is 4.65. The average Bonchev–Trinajstić information content (AvgIpc) is 3.22. The van der Waals surface area contributed by atoms with Crippen molar-refractivity contribution in [2.75, 3.05) is 20.8 Å². The van der Waals surface area contributed by atoms with Gasteiger partial charge in [-0.1, -0.05) is 28.9 Å². The van der Waals surface area contributed by atoms with E-state index >= 15 is 0 Å². The Morgan fingerprint density at radius 2 is 1.90 bits per heavy atom. The molecule has 7 nitrogen and oxygen atoms in total. The van der Waals surface area contributed by atoms with Crippen LogP contribution in [0, 0.1) is 0 Å². The lowest BCUT2D eigenvalue weighted by molar-refractivity contribution is -0.130. The van der Waals surface area contributed by atoms with E-state index in [1.165, 1.54) is 0 Å². The molecule has 3 rings (SSSR count). The largest absolute Gasteiger partial charge is 0.493 e. The fourth-order valence-corrected chi connectivity index (χ4v) is 3.01. The molecule has 0 aliphatic rings. The summed E-state index contributed by atoms with van der Waals surface area (Å²) in [6.45, 7) is 4.26. The summed E-state index contributed by atoms with van der Waals surface area (Å²) in [6.07, 6.45) is 1.84. The van der Waals surface area contributed by atoms with Crippen molar-refractivity contribution in [3.05, 3.63) is 71.6 Å². The highest BCUT2D eigenvalue weighted by atomic mass is 35.5. The lowest BCUT2D eigenvalue weighted by Crippen LogP contribution is -2.32. The van der Waals surface area contributed by atoms with E-state index in [9.17, 15) is 4.79 Å². The molecular formula is C22H22ClN3O4. The number of carbonyl (C=O) groups excluding carboxylic acids is 1. The Balaban J connectivity index is 1.72. The predicted octanol–water partition coefficient (Wildman–Crippen LogP) is 4.16. The third-order valence-electron chi connectivity index (χ3n) is 4.40. The zero-order valence-electron chi connectivity index (χ0n) is 16.8. The fourth-order valence-electron chi connectivity index (χ4n) is 2.89. The molecule has 8 heteroatoms. The van der Waals surface area contributed by atoms with Crippen LogP contribution in [-0.2, 0) is 17.8 Å².